The van der Waals surface area contributed by atoms with Gasteiger partial charge in [0.25, 0.3) is 17.7 Å². The molecule has 12 heteroatoms. The Morgan fingerprint density at radius 3 is 2.32 bits per heavy atom. The number of phenolic OH excluding ortho intramolecular Hbond substituents is 1. The molecule has 0 bridgehead atoms. The van der Waals surface area contributed by atoms with Gasteiger partial charge in [0.2, 0.25) is 5.78 Å². The van der Waals surface area contributed by atoms with Gasteiger partial charge in [0, 0.05) is 29.2 Å². The summed E-state index contributed by atoms with van der Waals surface area (Å²) in [6.45, 7) is -0.299. The van der Waals surface area contributed by atoms with Crippen LogP contribution in [-0.4, -0.2) is 85.3 Å². The number of primary amides is 1. The lowest BCUT2D eigenvalue weighted by Gasteiger charge is -2.50. The molecule has 0 fully saturated rings. The van der Waals surface area contributed by atoms with Crippen LogP contribution in [0.3, 0.4) is 0 Å². The predicted octanol–water partition coefficient (Wildman–Crippen LogP) is -0.454. The Bertz CT molecular complexity index is 1440. The molecule has 4 atom stereocenters. The molecule has 1 aromatic carbocycles. The Kier molecular flexibility index (Phi) is 5.58. The number of nitrogens with two attached hydrogens (primary N) is 1. The number of carbonyl (C=O) groups is 5. The van der Waals surface area contributed by atoms with Crippen LogP contribution in [0, 0.1) is 11.8 Å². The number of fused-ring (bicyclic) bond motifs is 3. The van der Waals surface area contributed by atoms with Gasteiger partial charge in [-0.1, -0.05) is 12.1 Å². The van der Waals surface area contributed by atoms with E-state index in [1.807, 2.05) is 0 Å². The number of amides is 3. The summed E-state index contributed by atoms with van der Waals surface area (Å²) in [5, 5.41) is 44.7. The lowest BCUT2D eigenvalue weighted by molar-refractivity contribution is -0.148. The molecular formula is C26H25N3O9. The van der Waals surface area contributed by atoms with Gasteiger partial charge in [-0.3, -0.25) is 33.8 Å². The van der Waals surface area contributed by atoms with Gasteiger partial charge in [-0.05, 0) is 38.4 Å². The van der Waals surface area contributed by atoms with Crippen molar-refractivity contribution in [3.8, 4) is 5.75 Å². The van der Waals surface area contributed by atoms with Crippen molar-refractivity contribution in [1.82, 2.24) is 9.80 Å². The van der Waals surface area contributed by atoms with Gasteiger partial charge in [0.05, 0.1) is 18.2 Å². The smallest absolute Gasteiger partial charge is 0.255 e. The molecule has 3 amide bonds. The molecule has 1 heterocycles. The summed E-state index contributed by atoms with van der Waals surface area (Å²) in [5.41, 5.74) is 1.79. The van der Waals surface area contributed by atoms with Gasteiger partial charge < -0.3 is 26.2 Å². The van der Waals surface area contributed by atoms with Crippen molar-refractivity contribution >= 4 is 29.3 Å². The highest BCUT2D eigenvalue weighted by molar-refractivity contribution is 6.24. The zero-order valence-electron chi connectivity index (χ0n) is 20.5. The van der Waals surface area contributed by atoms with Gasteiger partial charge in [-0.25, -0.2) is 0 Å². The fraction of sp³-hybridized carbons (Fsp3) is 0.346. The number of rotatable bonds is 4. The number of Topliss-reactive ketones (excluding diaryl/α,β-unsaturated/α-hetero) is 2. The van der Waals surface area contributed by atoms with Crippen molar-refractivity contribution in [3.63, 3.8) is 0 Å². The van der Waals surface area contributed by atoms with Crippen LogP contribution in [0.5, 0.6) is 5.75 Å². The Morgan fingerprint density at radius 1 is 1.11 bits per heavy atom. The number of aliphatic hydroxyl groups excluding tert-OH is 2. The zero-order valence-corrected chi connectivity index (χ0v) is 20.5. The second-order valence-corrected chi connectivity index (χ2v) is 10.2. The van der Waals surface area contributed by atoms with E-state index in [-0.39, 0.29) is 36.1 Å². The molecule has 0 saturated carbocycles. The number of carbonyl (C=O) groups excluding carboxylic acids is 5. The number of benzene rings is 1. The average molecular weight is 523 g/mol. The maximum atomic E-state index is 13.7. The monoisotopic (exact) mass is 523 g/mol. The van der Waals surface area contributed by atoms with Crippen molar-refractivity contribution < 1.29 is 44.4 Å². The molecule has 0 saturated heterocycles. The third-order valence-electron chi connectivity index (χ3n) is 7.91. The van der Waals surface area contributed by atoms with E-state index in [0.29, 0.717) is 5.56 Å². The summed E-state index contributed by atoms with van der Waals surface area (Å²) in [4.78, 5) is 65.3. The molecule has 0 aromatic heterocycles. The number of aliphatic hydroxyl groups is 3. The highest BCUT2D eigenvalue weighted by atomic mass is 16.3. The maximum absolute atomic E-state index is 13.7. The van der Waals surface area contributed by atoms with E-state index in [2.05, 4.69) is 0 Å². The molecule has 1 aromatic rings. The van der Waals surface area contributed by atoms with Gasteiger partial charge in [0.1, 0.15) is 22.8 Å². The molecule has 198 valence electrons. The third-order valence-corrected chi connectivity index (χ3v) is 7.91. The first-order valence-electron chi connectivity index (χ1n) is 11.8. The quantitative estimate of drug-likeness (QED) is 0.254. The van der Waals surface area contributed by atoms with Crippen molar-refractivity contribution in [2.45, 2.75) is 31.0 Å². The Morgan fingerprint density at radius 2 is 1.74 bits per heavy atom. The molecular weight excluding hydrogens is 498 g/mol. The number of likely N-dealkylation sites (N-methyl/N-ethyl adjacent to an activating group) is 1. The molecule has 3 unspecified atom stereocenters. The van der Waals surface area contributed by atoms with Crippen LogP contribution in [0.1, 0.15) is 27.9 Å². The van der Waals surface area contributed by atoms with E-state index >= 15 is 0 Å². The molecule has 38 heavy (non-hydrogen) atoms. The van der Waals surface area contributed by atoms with E-state index in [1.165, 1.54) is 11.0 Å². The highest BCUT2D eigenvalue weighted by Gasteiger charge is 2.63. The van der Waals surface area contributed by atoms with Crippen LogP contribution >= 0.6 is 0 Å². The standard InChI is InChI=1S/C26H25N3O9/c1-28(2)19-13-8-12-7-10-3-4-11(9-29-14(30)5-6-15(29)31)20(32)16(10)21(33)17(12)23(35)26(13,38)24(36)18(22(19)34)25(27)37/h3-6,12-13,19,32,34-35,38H,7-9H2,1-2H3,(H2,27,37)/t12?,13?,19?,26-/m0/s1. The summed E-state index contributed by atoms with van der Waals surface area (Å²) in [6, 6.07) is 2.00. The molecule has 12 nitrogen and oxygen atoms in total. The summed E-state index contributed by atoms with van der Waals surface area (Å²) in [6.07, 6.45) is 2.30. The second-order valence-electron chi connectivity index (χ2n) is 10.2. The van der Waals surface area contributed by atoms with Crippen LogP contribution in [0.2, 0.25) is 0 Å². The number of ketones is 2. The molecule has 1 aliphatic heterocycles. The fourth-order valence-corrected chi connectivity index (χ4v) is 6.15. The minimum Gasteiger partial charge on any atom is -0.510 e. The van der Waals surface area contributed by atoms with Crippen molar-refractivity contribution in [2.75, 3.05) is 14.1 Å². The van der Waals surface area contributed by atoms with Crippen molar-refractivity contribution in [3.05, 3.63) is 63.6 Å². The number of nitrogens with zero attached hydrogens (tertiary/aromatic N) is 2. The Labute approximate surface area is 215 Å². The number of allylic oxidation sites excluding steroid dienone is 1. The third kappa shape index (κ3) is 3.26. The fourth-order valence-electron chi connectivity index (χ4n) is 6.15. The molecule has 4 aliphatic rings. The lowest BCUT2D eigenvalue weighted by atomic mass is 9.58. The van der Waals surface area contributed by atoms with E-state index in [0.717, 1.165) is 17.1 Å². The van der Waals surface area contributed by atoms with Crippen molar-refractivity contribution in [1.29, 1.82) is 0 Å². The van der Waals surface area contributed by atoms with Crippen molar-refractivity contribution in [2.24, 2.45) is 17.6 Å². The summed E-state index contributed by atoms with van der Waals surface area (Å²) in [5.74, 6) is -8.49. The van der Waals surface area contributed by atoms with E-state index < -0.39 is 75.6 Å². The van der Waals surface area contributed by atoms with Crippen LogP contribution < -0.4 is 5.73 Å². The second kappa shape index (κ2) is 8.36. The van der Waals surface area contributed by atoms with Gasteiger partial charge >= 0.3 is 0 Å². The van der Waals surface area contributed by atoms with Gasteiger partial charge in [0.15, 0.2) is 11.4 Å². The molecule has 5 rings (SSSR count). The van der Waals surface area contributed by atoms with E-state index in [4.69, 9.17) is 5.73 Å². The number of imide groups is 1. The van der Waals surface area contributed by atoms with Crippen LogP contribution in [0.25, 0.3) is 0 Å². The highest BCUT2D eigenvalue weighted by Crippen LogP contribution is 2.52. The summed E-state index contributed by atoms with van der Waals surface area (Å²) in [7, 11) is 3.11. The number of hydrogen-bond acceptors (Lipinski definition) is 10. The Hall–Kier alpha value is -4.29. The lowest BCUT2D eigenvalue weighted by Crippen LogP contribution is -2.63. The van der Waals surface area contributed by atoms with E-state index in [1.54, 1.807) is 20.2 Å². The Balaban J connectivity index is 1.62. The topological polar surface area (TPSA) is 199 Å². The number of phenols is 1. The first-order chi connectivity index (χ1) is 17.8. The molecule has 0 radical (unpaired) electrons. The molecule has 0 spiro atoms. The van der Waals surface area contributed by atoms with Gasteiger partial charge in [-0.15, -0.1) is 0 Å². The summed E-state index contributed by atoms with van der Waals surface area (Å²) < 4.78 is 0. The number of aromatic hydroxyl groups is 1. The first kappa shape index (κ1) is 25.4. The summed E-state index contributed by atoms with van der Waals surface area (Å²) >= 11 is 0. The van der Waals surface area contributed by atoms with Crippen LogP contribution in [0.15, 0.2) is 46.9 Å². The molecule has 3 aliphatic carbocycles. The van der Waals surface area contributed by atoms with Crippen LogP contribution in [-0.2, 0) is 32.1 Å². The first-order valence-corrected chi connectivity index (χ1v) is 11.8. The normalized spacial score (nSPS) is 28.7. The zero-order chi connectivity index (χ0) is 27.8. The van der Waals surface area contributed by atoms with E-state index in [9.17, 15) is 44.4 Å². The largest absolute Gasteiger partial charge is 0.510 e. The average Bonchev–Trinajstić information content (AvgIpc) is 3.14. The molecule has 6 N–H and O–H groups in total. The maximum Gasteiger partial charge on any atom is 0.255 e. The predicted molar refractivity (Wildman–Crippen MR) is 128 cm³/mol. The minimum atomic E-state index is -2.72. The number of hydrogen-bond donors (Lipinski definition) is 5. The van der Waals surface area contributed by atoms with Gasteiger partial charge in [-0.2, -0.15) is 0 Å². The SMILES string of the molecule is CN(C)C1C(O)=C(C(N)=O)C(=O)[C@@]2(O)C(O)=C3C(=O)c4c(ccc(CN5C(=O)C=CC5=O)c4O)CC3CC12. The van der Waals surface area contributed by atoms with Crippen LogP contribution in [0.4, 0.5) is 0 Å². The minimum absolute atomic E-state index is 0.0171.